The molecule has 0 unspecified atom stereocenters. The van der Waals surface area contributed by atoms with Gasteiger partial charge in [0.05, 0.1) is 6.61 Å². The lowest BCUT2D eigenvalue weighted by atomic mass is 10.2. The van der Waals surface area contributed by atoms with E-state index in [-0.39, 0.29) is 12.6 Å². The van der Waals surface area contributed by atoms with Crippen molar-refractivity contribution in [2.24, 2.45) is 0 Å². The van der Waals surface area contributed by atoms with Crippen LogP contribution < -0.4 is 5.32 Å². The zero-order valence-electron chi connectivity index (χ0n) is 13.7. The molecule has 0 aliphatic rings. The standard InChI is InChI=1S/C17H24N4O2/c1-3-4-9-21-10-8-18-16(21)14-6-5-7-15(13-14)19-17(23)20(2)11-12-22/h5-8,10,13,22H,3-4,9,11-12H2,1-2H3,(H,19,23). The molecule has 0 bridgehead atoms. The molecular weight excluding hydrogens is 292 g/mol. The number of urea groups is 1. The highest BCUT2D eigenvalue weighted by molar-refractivity contribution is 5.89. The number of benzene rings is 1. The number of nitrogens with zero attached hydrogens (tertiary/aromatic N) is 3. The molecule has 0 atom stereocenters. The monoisotopic (exact) mass is 316 g/mol. The van der Waals surface area contributed by atoms with Gasteiger partial charge in [-0.2, -0.15) is 0 Å². The molecule has 0 spiro atoms. The molecule has 0 aliphatic carbocycles. The van der Waals surface area contributed by atoms with Crippen molar-refractivity contribution in [3.05, 3.63) is 36.7 Å². The second-order valence-electron chi connectivity index (χ2n) is 5.45. The summed E-state index contributed by atoms with van der Waals surface area (Å²) in [6.45, 7) is 3.34. The van der Waals surface area contributed by atoms with E-state index in [9.17, 15) is 4.79 Å². The Bertz CT molecular complexity index is 639. The number of aliphatic hydroxyl groups excluding tert-OH is 1. The molecule has 0 radical (unpaired) electrons. The predicted octanol–water partition coefficient (Wildman–Crippen LogP) is 2.81. The van der Waals surface area contributed by atoms with E-state index < -0.39 is 0 Å². The van der Waals surface area contributed by atoms with Crippen molar-refractivity contribution in [3.63, 3.8) is 0 Å². The summed E-state index contributed by atoms with van der Waals surface area (Å²) < 4.78 is 2.13. The lowest BCUT2D eigenvalue weighted by Gasteiger charge is -2.17. The number of anilines is 1. The second kappa shape index (κ2) is 8.33. The van der Waals surface area contributed by atoms with Gasteiger partial charge in [0.2, 0.25) is 0 Å². The number of aliphatic hydroxyl groups is 1. The van der Waals surface area contributed by atoms with Crippen LogP contribution in [0.4, 0.5) is 10.5 Å². The Kier molecular flexibility index (Phi) is 6.17. The van der Waals surface area contributed by atoms with Gasteiger partial charge in [0.25, 0.3) is 0 Å². The molecule has 0 saturated heterocycles. The number of unbranched alkanes of at least 4 members (excludes halogenated alkanes) is 1. The Balaban J connectivity index is 2.14. The maximum atomic E-state index is 12.0. The van der Waals surface area contributed by atoms with E-state index in [2.05, 4.69) is 21.8 Å². The van der Waals surface area contributed by atoms with E-state index >= 15 is 0 Å². The lowest BCUT2D eigenvalue weighted by molar-refractivity contribution is 0.202. The SMILES string of the molecule is CCCCn1ccnc1-c1cccc(NC(=O)N(C)CCO)c1. The third kappa shape index (κ3) is 4.56. The van der Waals surface area contributed by atoms with E-state index in [4.69, 9.17) is 5.11 Å². The van der Waals surface area contributed by atoms with Crippen molar-refractivity contribution in [3.8, 4) is 11.4 Å². The van der Waals surface area contributed by atoms with Crippen LogP contribution in [0.2, 0.25) is 0 Å². The molecular formula is C17H24N4O2. The van der Waals surface area contributed by atoms with E-state index in [0.717, 1.165) is 30.8 Å². The lowest BCUT2D eigenvalue weighted by Crippen LogP contribution is -2.33. The number of aromatic nitrogens is 2. The summed E-state index contributed by atoms with van der Waals surface area (Å²) in [7, 11) is 1.65. The molecule has 2 rings (SSSR count). The molecule has 0 aliphatic heterocycles. The van der Waals surface area contributed by atoms with Gasteiger partial charge in [0, 0.05) is 43.8 Å². The van der Waals surface area contributed by atoms with Crippen LogP contribution >= 0.6 is 0 Å². The number of hydrogen-bond donors (Lipinski definition) is 2. The van der Waals surface area contributed by atoms with Crippen molar-refractivity contribution in [1.29, 1.82) is 0 Å². The highest BCUT2D eigenvalue weighted by atomic mass is 16.3. The number of rotatable bonds is 7. The Morgan fingerprint density at radius 2 is 2.26 bits per heavy atom. The van der Waals surface area contributed by atoms with Crippen molar-refractivity contribution in [1.82, 2.24) is 14.5 Å². The number of hydrogen-bond acceptors (Lipinski definition) is 3. The zero-order chi connectivity index (χ0) is 16.7. The number of likely N-dealkylation sites (N-methyl/N-ethyl adjacent to an activating group) is 1. The van der Waals surface area contributed by atoms with Gasteiger partial charge in [-0.15, -0.1) is 0 Å². The molecule has 6 nitrogen and oxygen atoms in total. The maximum absolute atomic E-state index is 12.0. The van der Waals surface area contributed by atoms with Gasteiger partial charge in [-0.25, -0.2) is 9.78 Å². The van der Waals surface area contributed by atoms with E-state index in [1.165, 1.54) is 4.90 Å². The van der Waals surface area contributed by atoms with Gasteiger partial charge >= 0.3 is 6.03 Å². The Hall–Kier alpha value is -2.34. The summed E-state index contributed by atoms with van der Waals surface area (Å²) in [5, 5.41) is 11.7. The van der Waals surface area contributed by atoms with Crippen molar-refractivity contribution in [2.45, 2.75) is 26.3 Å². The third-order valence-electron chi connectivity index (χ3n) is 3.62. The molecule has 0 fully saturated rings. The third-order valence-corrected chi connectivity index (χ3v) is 3.62. The van der Waals surface area contributed by atoms with Crippen LogP contribution in [-0.4, -0.2) is 45.8 Å². The van der Waals surface area contributed by atoms with Crippen molar-refractivity contribution in [2.75, 3.05) is 25.5 Å². The summed E-state index contributed by atoms with van der Waals surface area (Å²) >= 11 is 0. The molecule has 6 heteroatoms. The summed E-state index contributed by atoms with van der Waals surface area (Å²) in [6.07, 6.45) is 6.01. The minimum absolute atomic E-state index is 0.0567. The highest BCUT2D eigenvalue weighted by Gasteiger charge is 2.10. The average Bonchev–Trinajstić information content (AvgIpc) is 3.01. The van der Waals surface area contributed by atoms with E-state index in [1.807, 2.05) is 30.5 Å². The molecule has 2 amide bonds. The number of aryl methyl sites for hydroxylation is 1. The van der Waals surface area contributed by atoms with Gasteiger partial charge in [0.15, 0.2) is 0 Å². The minimum atomic E-state index is -0.245. The second-order valence-corrected chi connectivity index (χ2v) is 5.45. The van der Waals surface area contributed by atoms with Gasteiger partial charge in [-0.05, 0) is 18.6 Å². The molecule has 23 heavy (non-hydrogen) atoms. The number of amides is 2. The molecule has 1 aromatic heterocycles. The quantitative estimate of drug-likeness (QED) is 0.825. The van der Waals surface area contributed by atoms with Gasteiger partial charge in [-0.3, -0.25) is 0 Å². The minimum Gasteiger partial charge on any atom is -0.395 e. The maximum Gasteiger partial charge on any atom is 0.321 e. The molecule has 2 aromatic rings. The van der Waals surface area contributed by atoms with Crippen LogP contribution in [-0.2, 0) is 6.54 Å². The summed E-state index contributed by atoms with van der Waals surface area (Å²) in [6, 6.07) is 7.39. The first kappa shape index (κ1) is 17.0. The number of carbonyl (C=O) groups excluding carboxylic acids is 1. The first-order valence-corrected chi connectivity index (χ1v) is 7.90. The van der Waals surface area contributed by atoms with Gasteiger partial charge < -0.3 is 19.9 Å². The largest absolute Gasteiger partial charge is 0.395 e. The van der Waals surface area contributed by atoms with Gasteiger partial charge in [0.1, 0.15) is 5.82 Å². The van der Waals surface area contributed by atoms with Gasteiger partial charge in [-0.1, -0.05) is 25.5 Å². The topological polar surface area (TPSA) is 70.4 Å². The summed E-state index contributed by atoms with van der Waals surface area (Å²) in [4.78, 5) is 17.9. The van der Waals surface area contributed by atoms with Crippen molar-refractivity contribution >= 4 is 11.7 Å². The van der Waals surface area contributed by atoms with Crippen LogP contribution in [0.3, 0.4) is 0 Å². The smallest absolute Gasteiger partial charge is 0.321 e. The summed E-state index contributed by atoms with van der Waals surface area (Å²) in [5.74, 6) is 0.901. The zero-order valence-corrected chi connectivity index (χ0v) is 13.7. The fourth-order valence-corrected chi connectivity index (χ4v) is 2.28. The van der Waals surface area contributed by atoms with Crippen LogP contribution in [0.1, 0.15) is 19.8 Å². The molecule has 1 heterocycles. The first-order chi connectivity index (χ1) is 11.2. The molecule has 2 N–H and O–H groups in total. The van der Waals surface area contributed by atoms with Crippen LogP contribution in [0.15, 0.2) is 36.7 Å². The van der Waals surface area contributed by atoms with Crippen LogP contribution in [0.25, 0.3) is 11.4 Å². The number of imidazole rings is 1. The average molecular weight is 316 g/mol. The van der Waals surface area contributed by atoms with Crippen LogP contribution in [0.5, 0.6) is 0 Å². The molecule has 1 aromatic carbocycles. The Morgan fingerprint density at radius 1 is 1.43 bits per heavy atom. The van der Waals surface area contributed by atoms with Crippen LogP contribution in [0, 0.1) is 0 Å². The highest BCUT2D eigenvalue weighted by Crippen LogP contribution is 2.22. The Labute approximate surface area is 136 Å². The fourth-order valence-electron chi connectivity index (χ4n) is 2.28. The first-order valence-electron chi connectivity index (χ1n) is 7.90. The fraction of sp³-hybridized carbons (Fsp3) is 0.412. The predicted molar refractivity (Wildman–Crippen MR) is 91.3 cm³/mol. The van der Waals surface area contributed by atoms with E-state index in [0.29, 0.717) is 12.2 Å². The summed E-state index contributed by atoms with van der Waals surface area (Å²) in [5.41, 5.74) is 1.68. The van der Waals surface area contributed by atoms with Crippen molar-refractivity contribution < 1.29 is 9.90 Å². The molecule has 0 saturated carbocycles. The van der Waals surface area contributed by atoms with E-state index in [1.54, 1.807) is 13.2 Å². The normalized spacial score (nSPS) is 10.6. The Morgan fingerprint density at radius 3 is 3.00 bits per heavy atom. The number of carbonyl (C=O) groups is 1. The number of nitrogens with one attached hydrogen (secondary N) is 1. The molecule has 124 valence electrons.